The fraction of sp³-hybridized carbons (Fsp3) is 0.692. The number of ether oxygens (including phenoxy) is 1. The van der Waals surface area contributed by atoms with Crippen LogP contribution < -0.4 is 0 Å². The zero-order chi connectivity index (χ0) is 13.1. The number of ketones is 1. The number of carbonyl (C=O) groups excluding carboxylic acids is 1. The summed E-state index contributed by atoms with van der Waals surface area (Å²) in [4.78, 5) is 12.5. The molecule has 0 saturated heterocycles. The Balaban J connectivity index is 2.20. The summed E-state index contributed by atoms with van der Waals surface area (Å²) in [6.07, 6.45) is 4.76. The second-order valence-corrected chi connectivity index (χ2v) is 5.34. The van der Waals surface area contributed by atoms with Gasteiger partial charge in [-0.25, -0.2) is 0 Å². The van der Waals surface area contributed by atoms with Gasteiger partial charge in [-0.05, 0) is 18.8 Å². The van der Waals surface area contributed by atoms with Crippen molar-refractivity contribution in [2.75, 3.05) is 13.7 Å². The lowest BCUT2D eigenvalue weighted by atomic mass is 9.92. The highest BCUT2D eigenvalue weighted by atomic mass is 35.5. The van der Waals surface area contributed by atoms with Crippen LogP contribution in [0.15, 0.2) is 6.20 Å². The van der Waals surface area contributed by atoms with E-state index in [-0.39, 0.29) is 11.7 Å². The third-order valence-corrected chi connectivity index (χ3v) is 4.01. The van der Waals surface area contributed by atoms with Gasteiger partial charge in [-0.3, -0.25) is 9.48 Å². The Labute approximate surface area is 112 Å². The monoisotopic (exact) mass is 270 g/mol. The van der Waals surface area contributed by atoms with E-state index in [1.54, 1.807) is 18.0 Å². The predicted molar refractivity (Wildman–Crippen MR) is 69.9 cm³/mol. The largest absolute Gasteiger partial charge is 0.383 e. The molecule has 1 saturated carbocycles. The molecule has 0 radical (unpaired) electrons. The number of aromatic nitrogens is 2. The molecule has 4 nitrogen and oxygen atoms in total. The van der Waals surface area contributed by atoms with Gasteiger partial charge in [0.1, 0.15) is 5.69 Å². The van der Waals surface area contributed by atoms with Crippen LogP contribution in [0.2, 0.25) is 5.02 Å². The molecule has 1 aromatic heterocycles. The van der Waals surface area contributed by atoms with Crippen LogP contribution in [-0.2, 0) is 11.3 Å². The number of Topliss-reactive ketones (excluding diaryl/α,β-unsaturated/α-hetero) is 1. The SMILES string of the molecule is COCCn1ncc(Cl)c1C(=O)C1CCCC1C. The van der Waals surface area contributed by atoms with E-state index < -0.39 is 0 Å². The van der Waals surface area contributed by atoms with Crippen LogP contribution in [0.25, 0.3) is 0 Å². The Kier molecular flexibility index (Phi) is 4.40. The molecule has 0 N–H and O–H groups in total. The minimum absolute atomic E-state index is 0.0977. The number of halogens is 1. The second kappa shape index (κ2) is 5.85. The number of nitrogens with zero attached hydrogens (tertiary/aromatic N) is 2. The van der Waals surface area contributed by atoms with Gasteiger partial charge in [-0.2, -0.15) is 5.10 Å². The summed E-state index contributed by atoms with van der Waals surface area (Å²) >= 11 is 6.10. The lowest BCUT2D eigenvalue weighted by molar-refractivity contribution is 0.0882. The molecule has 0 bridgehead atoms. The molecule has 2 atom stereocenters. The Hall–Kier alpha value is -0.870. The molecule has 2 unspecified atom stereocenters. The number of hydrogen-bond acceptors (Lipinski definition) is 3. The number of carbonyl (C=O) groups is 1. The first kappa shape index (κ1) is 13.6. The summed E-state index contributed by atoms with van der Waals surface area (Å²) in [5.41, 5.74) is 0.549. The van der Waals surface area contributed by atoms with Gasteiger partial charge >= 0.3 is 0 Å². The van der Waals surface area contributed by atoms with Crippen molar-refractivity contribution in [3.63, 3.8) is 0 Å². The molecular formula is C13H19ClN2O2. The summed E-state index contributed by atoms with van der Waals surface area (Å²) in [5.74, 6) is 0.679. The highest BCUT2D eigenvalue weighted by Crippen LogP contribution is 2.35. The predicted octanol–water partition coefficient (Wildman–Crippen LogP) is 2.80. The van der Waals surface area contributed by atoms with Gasteiger partial charge < -0.3 is 4.74 Å². The van der Waals surface area contributed by atoms with Gasteiger partial charge in [0, 0.05) is 13.0 Å². The first-order valence-electron chi connectivity index (χ1n) is 6.39. The molecule has 2 rings (SSSR count). The molecular weight excluding hydrogens is 252 g/mol. The molecule has 1 aliphatic rings. The van der Waals surface area contributed by atoms with Crippen LogP contribution >= 0.6 is 11.6 Å². The van der Waals surface area contributed by atoms with E-state index in [1.807, 2.05) is 0 Å². The van der Waals surface area contributed by atoms with Crippen molar-refractivity contribution in [2.24, 2.45) is 11.8 Å². The van der Waals surface area contributed by atoms with Gasteiger partial charge in [0.25, 0.3) is 0 Å². The van der Waals surface area contributed by atoms with Gasteiger partial charge in [0.05, 0.1) is 24.4 Å². The number of hydrogen-bond donors (Lipinski definition) is 0. The maximum Gasteiger partial charge on any atom is 0.185 e. The van der Waals surface area contributed by atoms with Crippen molar-refractivity contribution >= 4 is 17.4 Å². The highest BCUT2D eigenvalue weighted by Gasteiger charge is 2.33. The van der Waals surface area contributed by atoms with Gasteiger partial charge in [0.15, 0.2) is 5.78 Å². The topological polar surface area (TPSA) is 44.1 Å². The minimum atomic E-state index is 0.0977. The standard InChI is InChI=1S/C13H19ClN2O2/c1-9-4-3-5-10(9)13(17)12-11(14)8-15-16(12)6-7-18-2/h8-10H,3-7H2,1-2H3. The Morgan fingerprint density at radius 2 is 2.39 bits per heavy atom. The third-order valence-electron chi connectivity index (χ3n) is 3.73. The van der Waals surface area contributed by atoms with E-state index in [2.05, 4.69) is 12.0 Å². The fourth-order valence-corrected chi connectivity index (χ4v) is 2.90. The zero-order valence-electron chi connectivity index (χ0n) is 10.9. The first-order chi connectivity index (χ1) is 8.65. The molecule has 0 aromatic carbocycles. The third kappa shape index (κ3) is 2.59. The smallest absolute Gasteiger partial charge is 0.185 e. The summed E-state index contributed by atoms with van der Waals surface area (Å²) in [5, 5.41) is 4.61. The van der Waals surface area contributed by atoms with E-state index in [0.717, 1.165) is 19.3 Å². The van der Waals surface area contributed by atoms with Crippen LogP contribution in [0.1, 0.15) is 36.7 Å². The summed E-state index contributed by atoms with van der Waals surface area (Å²) in [6, 6.07) is 0. The average Bonchev–Trinajstić information content (AvgIpc) is 2.92. The molecule has 5 heteroatoms. The van der Waals surface area contributed by atoms with Crippen molar-refractivity contribution in [3.05, 3.63) is 16.9 Å². The van der Waals surface area contributed by atoms with E-state index in [9.17, 15) is 4.79 Å². The summed E-state index contributed by atoms with van der Waals surface area (Å²) in [6.45, 7) is 3.23. The lowest BCUT2D eigenvalue weighted by Crippen LogP contribution is -2.22. The first-order valence-corrected chi connectivity index (χ1v) is 6.77. The van der Waals surface area contributed by atoms with Crippen LogP contribution in [0, 0.1) is 11.8 Å². The van der Waals surface area contributed by atoms with Gasteiger partial charge in [-0.15, -0.1) is 0 Å². The van der Waals surface area contributed by atoms with Gasteiger partial charge in [-0.1, -0.05) is 24.9 Å². The normalized spacial score (nSPS) is 23.5. The van der Waals surface area contributed by atoms with E-state index in [0.29, 0.717) is 29.8 Å². The maximum atomic E-state index is 12.5. The number of methoxy groups -OCH3 is 1. The van der Waals surface area contributed by atoms with Crippen LogP contribution in [0.5, 0.6) is 0 Å². The quantitative estimate of drug-likeness (QED) is 0.773. The Bertz CT molecular complexity index is 431. The van der Waals surface area contributed by atoms with Crippen LogP contribution in [-0.4, -0.2) is 29.3 Å². The molecule has 1 aliphatic carbocycles. The Morgan fingerprint density at radius 1 is 1.61 bits per heavy atom. The summed E-state index contributed by atoms with van der Waals surface area (Å²) in [7, 11) is 1.63. The average molecular weight is 271 g/mol. The molecule has 100 valence electrons. The van der Waals surface area contributed by atoms with Crippen molar-refractivity contribution < 1.29 is 9.53 Å². The molecule has 0 aliphatic heterocycles. The molecule has 18 heavy (non-hydrogen) atoms. The molecule has 0 spiro atoms. The van der Waals surface area contributed by atoms with E-state index >= 15 is 0 Å². The fourth-order valence-electron chi connectivity index (χ4n) is 2.67. The van der Waals surface area contributed by atoms with Crippen molar-refractivity contribution in [1.82, 2.24) is 9.78 Å². The molecule has 1 aromatic rings. The van der Waals surface area contributed by atoms with Crippen molar-refractivity contribution in [1.29, 1.82) is 0 Å². The maximum absolute atomic E-state index is 12.5. The summed E-state index contributed by atoms with van der Waals surface area (Å²) < 4.78 is 6.69. The van der Waals surface area contributed by atoms with E-state index in [1.165, 1.54) is 0 Å². The molecule has 1 fully saturated rings. The lowest BCUT2D eigenvalue weighted by Gasteiger charge is -2.15. The molecule has 0 amide bonds. The number of rotatable bonds is 5. The second-order valence-electron chi connectivity index (χ2n) is 4.94. The van der Waals surface area contributed by atoms with Crippen molar-refractivity contribution in [2.45, 2.75) is 32.7 Å². The van der Waals surface area contributed by atoms with Crippen LogP contribution in [0.3, 0.4) is 0 Å². The highest BCUT2D eigenvalue weighted by molar-refractivity contribution is 6.33. The van der Waals surface area contributed by atoms with Crippen LogP contribution in [0.4, 0.5) is 0 Å². The van der Waals surface area contributed by atoms with Gasteiger partial charge in [0.2, 0.25) is 0 Å². The molecule has 1 heterocycles. The van der Waals surface area contributed by atoms with E-state index in [4.69, 9.17) is 16.3 Å². The Morgan fingerprint density at radius 3 is 3.00 bits per heavy atom. The zero-order valence-corrected chi connectivity index (χ0v) is 11.6. The minimum Gasteiger partial charge on any atom is -0.383 e. The van der Waals surface area contributed by atoms with Crippen molar-refractivity contribution in [3.8, 4) is 0 Å².